The second-order valence-electron chi connectivity index (χ2n) is 4.69. The average molecular weight is 224 g/mol. The number of nitrogens with zero attached hydrogens (tertiary/aromatic N) is 1. The van der Waals surface area contributed by atoms with Gasteiger partial charge in [0.25, 0.3) is 0 Å². The zero-order chi connectivity index (χ0) is 11.7. The minimum absolute atomic E-state index is 0.400. The van der Waals surface area contributed by atoms with Crippen LogP contribution in [0.2, 0.25) is 0 Å². The van der Waals surface area contributed by atoms with Crippen LogP contribution in [0.1, 0.15) is 29.2 Å². The van der Waals surface area contributed by atoms with Gasteiger partial charge in [0, 0.05) is 18.1 Å². The minimum atomic E-state index is 0.400. The summed E-state index contributed by atoms with van der Waals surface area (Å²) in [5, 5.41) is 3.60. The first kappa shape index (κ1) is 10.3. The standard InChI is InChI=1S/C15H16N2/c1-11-8-13(10-16-9-11)15-7-6-12-4-2-3-5-14(12)17-15/h2-5,8-10,15,17H,6-7H2,1H3. The number of benzene rings is 1. The van der Waals surface area contributed by atoms with Crippen LogP contribution in [0.4, 0.5) is 5.69 Å². The number of para-hydroxylation sites is 1. The van der Waals surface area contributed by atoms with Crippen molar-refractivity contribution in [1.82, 2.24) is 4.98 Å². The van der Waals surface area contributed by atoms with Crippen molar-refractivity contribution < 1.29 is 0 Å². The van der Waals surface area contributed by atoms with Gasteiger partial charge in [-0.15, -0.1) is 0 Å². The Morgan fingerprint density at radius 1 is 1.24 bits per heavy atom. The molecule has 86 valence electrons. The number of pyridine rings is 1. The summed E-state index contributed by atoms with van der Waals surface area (Å²) in [6.45, 7) is 2.09. The molecule has 0 saturated heterocycles. The number of fused-ring (bicyclic) bond motifs is 1. The Kier molecular flexibility index (Phi) is 2.56. The van der Waals surface area contributed by atoms with Gasteiger partial charge in [0.05, 0.1) is 6.04 Å². The molecule has 1 N–H and O–H groups in total. The van der Waals surface area contributed by atoms with Crippen molar-refractivity contribution in [3.05, 3.63) is 59.4 Å². The molecule has 0 amide bonds. The molecule has 0 aliphatic carbocycles. The highest BCUT2D eigenvalue weighted by Crippen LogP contribution is 2.32. The van der Waals surface area contributed by atoms with E-state index in [1.165, 1.54) is 22.4 Å². The lowest BCUT2D eigenvalue weighted by molar-refractivity contribution is 0.665. The maximum atomic E-state index is 4.28. The maximum Gasteiger partial charge on any atom is 0.0532 e. The lowest BCUT2D eigenvalue weighted by atomic mass is 9.94. The predicted octanol–water partition coefficient (Wildman–Crippen LogP) is 3.49. The van der Waals surface area contributed by atoms with Crippen molar-refractivity contribution in [2.75, 3.05) is 5.32 Å². The van der Waals surface area contributed by atoms with E-state index in [9.17, 15) is 0 Å². The third-order valence-corrected chi connectivity index (χ3v) is 3.35. The van der Waals surface area contributed by atoms with E-state index in [1.807, 2.05) is 12.4 Å². The Hall–Kier alpha value is -1.83. The summed E-state index contributed by atoms with van der Waals surface area (Å²) in [5.41, 5.74) is 5.21. The van der Waals surface area contributed by atoms with Gasteiger partial charge in [0.15, 0.2) is 0 Å². The van der Waals surface area contributed by atoms with Gasteiger partial charge < -0.3 is 5.32 Å². The summed E-state index contributed by atoms with van der Waals surface area (Å²) in [7, 11) is 0. The SMILES string of the molecule is Cc1cncc(C2CCc3ccccc3N2)c1. The normalized spacial score (nSPS) is 18.3. The molecule has 17 heavy (non-hydrogen) atoms. The molecule has 0 radical (unpaired) electrons. The van der Waals surface area contributed by atoms with E-state index in [0.717, 1.165) is 12.8 Å². The van der Waals surface area contributed by atoms with Crippen LogP contribution in [0.3, 0.4) is 0 Å². The molecule has 1 aromatic carbocycles. The molecule has 1 unspecified atom stereocenters. The van der Waals surface area contributed by atoms with Crippen LogP contribution in [-0.2, 0) is 6.42 Å². The van der Waals surface area contributed by atoms with Gasteiger partial charge in [0.1, 0.15) is 0 Å². The van der Waals surface area contributed by atoms with E-state index in [0.29, 0.717) is 6.04 Å². The molecule has 1 aliphatic heterocycles. The molecule has 0 spiro atoms. The molecular weight excluding hydrogens is 208 g/mol. The van der Waals surface area contributed by atoms with Crippen LogP contribution in [-0.4, -0.2) is 4.98 Å². The third kappa shape index (κ3) is 2.03. The number of hydrogen-bond donors (Lipinski definition) is 1. The van der Waals surface area contributed by atoms with Crippen LogP contribution in [0, 0.1) is 6.92 Å². The van der Waals surface area contributed by atoms with Crippen molar-refractivity contribution in [2.45, 2.75) is 25.8 Å². The average Bonchev–Trinajstić information content (AvgIpc) is 2.38. The summed E-state index contributed by atoms with van der Waals surface area (Å²) < 4.78 is 0. The van der Waals surface area contributed by atoms with Gasteiger partial charge in [-0.25, -0.2) is 0 Å². The summed E-state index contributed by atoms with van der Waals surface area (Å²) in [5.74, 6) is 0. The molecule has 2 nitrogen and oxygen atoms in total. The van der Waals surface area contributed by atoms with Crippen LogP contribution in [0.15, 0.2) is 42.7 Å². The van der Waals surface area contributed by atoms with E-state index < -0.39 is 0 Å². The van der Waals surface area contributed by atoms with Crippen molar-refractivity contribution in [1.29, 1.82) is 0 Å². The smallest absolute Gasteiger partial charge is 0.0532 e. The fraction of sp³-hybridized carbons (Fsp3) is 0.267. The predicted molar refractivity (Wildman–Crippen MR) is 70.1 cm³/mol. The molecule has 3 rings (SSSR count). The topological polar surface area (TPSA) is 24.9 Å². The quantitative estimate of drug-likeness (QED) is 0.802. The van der Waals surface area contributed by atoms with Gasteiger partial charge in [-0.05, 0) is 42.5 Å². The van der Waals surface area contributed by atoms with Crippen molar-refractivity contribution in [3.63, 3.8) is 0 Å². The second-order valence-corrected chi connectivity index (χ2v) is 4.69. The molecule has 2 aromatic rings. The third-order valence-electron chi connectivity index (χ3n) is 3.35. The molecule has 0 fully saturated rings. The number of nitrogens with one attached hydrogen (secondary N) is 1. The number of rotatable bonds is 1. The highest BCUT2D eigenvalue weighted by molar-refractivity contribution is 5.54. The van der Waals surface area contributed by atoms with Gasteiger partial charge in [-0.2, -0.15) is 0 Å². The molecule has 0 bridgehead atoms. The fourth-order valence-electron chi connectivity index (χ4n) is 2.46. The van der Waals surface area contributed by atoms with E-state index in [4.69, 9.17) is 0 Å². The first-order valence-corrected chi connectivity index (χ1v) is 6.09. The molecular formula is C15H16N2. The molecule has 1 atom stereocenters. The van der Waals surface area contributed by atoms with E-state index >= 15 is 0 Å². The van der Waals surface area contributed by atoms with E-state index in [2.05, 4.69) is 47.6 Å². The Morgan fingerprint density at radius 2 is 2.12 bits per heavy atom. The first-order valence-electron chi connectivity index (χ1n) is 6.09. The van der Waals surface area contributed by atoms with Crippen LogP contribution in [0.25, 0.3) is 0 Å². The molecule has 2 heteroatoms. The van der Waals surface area contributed by atoms with Crippen LogP contribution in [0.5, 0.6) is 0 Å². The van der Waals surface area contributed by atoms with Gasteiger partial charge in [0.2, 0.25) is 0 Å². The number of aromatic nitrogens is 1. The second kappa shape index (κ2) is 4.21. The highest BCUT2D eigenvalue weighted by atomic mass is 14.9. The summed E-state index contributed by atoms with van der Waals surface area (Å²) in [6, 6.07) is 11.2. The number of hydrogen-bond acceptors (Lipinski definition) is 2. The van der Waals surface area contributed by atoms with Crippen LogP contribution >= 0.6 is 0 Å². The monoisotopic (exact) mass is 224 g/mol. The maximum absolute atomic E-state index is 4.28. The fourth-order valence-corrected chi connectivity index (χ4v) is 2.46. The molecule has 1 aliphatic rings. The lowest BCUT2D eigenvalue weighted by Crippen LogP contribution is -2.18. The highest BCUT2D eigenvalue weighted by Gasteiger charge is 2.18. The Balaban J connectivity index is 1.89. The zero-order valence-corrected chi connectivity index (χ0v) is 9.98. The zero-order valence-electron chi connectivity index (χ0n) is 9.98. The first-order chi connectivity index (χ1) is 8.33. The Bertz CT molecular complexity index is 534. The van der Waals surface area contributed by atoms with Gasteiger partial charge in [-0.3, -0.25) is 4.98 Å². The molecule has 1 aromatic heterocycles. The Morgan fingerprint density at radius 3 is 3.00 bits per heavy atom. The summed E-state index contributed by atoms with van der Waals surface area (Å²) >= 11 is 0. The Labute approximate surface area is 102 Å². The molecule has 0 saturated carbocycles. The lowest BCUT2D eigenvalue weighted by Gasteiger charge is -2.27. The van der Waals surface area contributed by atoms with Crippen LogP contribution < -0.4 is 5.32 Å². The van der Waals surface area contributed by atoms with Crippen molar-refractivity contribution >= 4 is 5.69 Å². The number of anilines is 1. The van der Waals surface area contributed by atoms with Crippen molar-refractivity contribution in [2.24, 2.45) is 0 Å². The van der Waals surface area contributed by atoms with E-state index in [-0.39, 0.29) is 0 Å². The number of aryl methyl sites for hydroxylation is 2. The van der Waals surface area contributed by atoms with E-state index in [1.54, 1.807) is 0 Å². The molecule has 2 heterocycles. The van der Waals surface area contributed by atoms with Gasteiger partial charge in [-0.1, -0.05) is 24.3 Å². The minimum Gasteiger partial charge on any atom is -0.378 e. The summed E-state index contributed by atoms with van der Waals surface area (Å²) in [4.78, 5) is 4.28. The van der Waals surface area contributed by atoms with Crippen molar-refractivity contribution in [3.8, 4) is 0 Å². The summed E-state index contributed by atoms with van der Waals surface area (Å²) in [6.07, 6.45) is 6.16. The van der Waals surface area contributed by atoms with Gasteiger partial charge >= 0.3 is 0 Å². The largest absolute Gasteiger partial charge is 0.378 e.